The van der Waals surface area contributed by atoms with Crippen LogP contribution < -0.4 is 16.6 Å². The molecular formula is C11H20N4O3. The van der Waals surface area contributed by atoms with Gasteiger partial charge in [-0.05, 0) is 13.3 Å². The van der Waals surface area contributed by atoms with Crippen molar-refractivity contribution in [3.63, 3.8) is 0 Å². The monoisotopic (exact) mass is 256 g/mol. The number of nitrogens with one attached hydrogen (secondary N) is 2. The van der Waals surface area contributed by atoms with Crippen LogP contribution in [0.5, 0.6) is 0 Å². The Hall–Kier alpha value is -1.47. The van der Waals surface area contributed by atoms with Gasteiger partial charge in [0.1, 0.15) is 0 Å². The summed E-state index contributed by atoms with van der Waals surface area (Å²) in [5, 5.41) is 2.30. The van der Waals surface area contributed by atoms with E-state index in [0.29, 0.717) is 6.42 Å². The Kier molecular flexibility index (Phi) is 4.80. The second-order valence-electron chi connectivity index (χ2n) is 4.55. The first kappa shape index (κ1) is 14.6. The Morgan fingerprint density at radius 3 is 2.67 bits per heavy atom. The van der Waals surface area contributed by atoms with E-state index in [4.69, 9.17) is 5.84 Å². The summed E-state index contributed by atoms with van der Waals surface area (Å²) in [6, 6.07) is -0.626. The predicted octanol–water partition coefficient (Wildman–Crippen LogP) is -1.26. The van der Waals surface area contributed by atoms with E-state index in [1.165, 1.54) is 0 Å². The van der Waals surface area contributed by atoms with Gasteiger partial charge in [-0.25, -0.2) is 5.84 Å². The maximum absolute atomic E-state index is 11.7. The molecule has 0 aromatic heterocycles. The summed E-state index contributed by atoms with van der Waals surface area (Å²) >= 11 is 0. The lowest BCUT2D eigenvalue weighted by atomic mass is 9.97. The highest BCUT2D eigenvalue weighted by molar-refractivity contribution is 6.01. The Labute approximate surface area is 106 Å². The van der Waals surface area contributed by atoms with E-state index in [9.17, 15) is 14.4 Å². The van der Waals surface area contributed by atoms with Gasteiger partial charge in [0.05, 0.1) is 18.5 Å². The zero-order valence-electron chi connectivity index (χ0n) is 10.9. The lowest BCUT2D eigenvalue weighted by molar-refractivity contribution is -0.144. The molecule has 3 amide bonds. The molecule has 1 heterocycles. The number of amides is 3. The molecule has 1 rings (SSSR count). The number of hydrogen-bond donors (Lipinski definition) is 3. The minimum absolute atomic E-state index is 0.119. The van der Waals surface area contributed by atoms with Crippen LogP contribution in [0.4, 0.5) is 0 Å². The number of rotatable bonds is 4. The first-order valence-corrected chi connectivity index (χ1v) is 6.02. The van der Waals surface area contributed by atoms with Crippen LogP contribution in [0.3, 0.4) is 0 Å². The molecule has 102 valence electrons. The summed E-state index contributed by atoms with van der Waals surface area (Å²) in [5.41, 5.74) is 2.09. The minimum atomic E-state index is -0.400. The highest BCUT2D eigenvalue weighted by Gasteiger charge is 2.38. The summed E-state index contributed by atoms with van der Waals surface area (Å²) in [6.07, 6.45) is 0.584. The Balaban J connectivity index is 2.86. The molecule has 7 heteroatoms. The van der Waals surface area contributed by atoms with Crippen LogP contribution in [0, 0.1) is 5.92 Å². The lowest BCUT2D eigenvalue weighted by Crippen LogP contribution is -2.62. The molecule has 0 radical (unpaired) electrons. The van der Waals surface area contributed by atoms with Crippen molar-refractivity contribution in [2.45, 2.75) is 39.3 Å². The fraction of sp³-hybridized carbons (Fsp3) is 0.727. The predicted molar refractivity (Wildman–Crippen MR) is 64.9 cm³/mol. The average molecular weight is 256 g/mol. The molecule has 1 fully saturated rings. The Morgan fingerprint density at radius 2 is 2.17 bits per heavy atom. The van der Waals surface area contributed by atoms with Gasteiger partial charge in [0.15, 0.2) is 0 Å². The number of nitrogens with two attached hydrogens (primary N) is 1. The Bertz CT molecular complexity index is 358. The van der Waals surface area contributed by atoms with Gasteiger partial charge in [0, 0.05) is 6.04 Å². The van der Waals surface area contributed by atoms with Crippen molar-refractivity contribution in [3.05, 3.63) is 0 Å². The smallest absolute Gasteiger partial charge is 0.243 e. The van der Waals surface area contributed by atoms with Crippen LogP contribution in [0.15, 0.2) is 0 Å². The summed E-state index contributed by atoms with van der Waals surface area (Å²) in [5.74, 6) is 3.75. The van der Waals surface area contributed by atoms with E-state index < -0.39 is 5.92 Å². The fourth-order valence-electron chi connectivity index (χ4n) is 2.17. The van der Waals surface area contributed by atoms with E-state index in [1.54, 1.807) is 11.8 Å². The molecule has 0 bridgehead atoms. The van der Waals surface area contributed by atoms with Crippen molar-refractivity contribution in [1.29, 1.82) is 0 Å². The first-order chi connectivity index (χ1) is 8.42. The third kappa shape index (κ3) is 2.85. The van der Waals surface area contributed by atoms with Crippen LogP contribution in [0.1, 0.15) is 27.2 Å². The van der Waals surface area contributed by atoms with Crippen LogP contribution in [-0.4, -0.2) is 41.2 Å². The van der Waals surface area contributed by atoms with Gasteiger partial charge in [-0.1, -0.05) is 13.8 Å². The number of carbonyl (C=O) groups is 3. The van der Waals surface area contributed by atoms with E-state index in [0.717, 1.165) is 0 Å². The Morgan fingerprint density at radius 1 is 1.56 bits per heavy atom. The standard InChI is InChI=1S/C11H20N4O3/c1-4-8-11(18)13-9(16)5-15(8)7(3)6(2)10(17)14-12/h6-8H,4-5,12H2,1-3H3,(H,14,17)(H,13,16,18). The largest absolute Gasteiger partial charge is 0.294 e. The van der Waals surface area contributed by atoms with Crippen LogP contribution in [0.2, 0.25) is 0 Å². The van der Waals surface area contributed by atoms with Crippen molar-refractivity contribution in [2.75, 3.05) is 6.54 Å². The first-order valence-electron chi connectivity index (χ1n) is 6.02. The number of imide groups is 1. The van der Waals surface area contributed by atoms with E-state index >= 15 is 0 Å². The van der Waals surface area contributed by atoms with Crippen LogP contribution in [0.25, 0.3) is 0 Å². The van der Waals surface area contributed by atoms with Crippen molar-refractivity contribution in [3.8, 4) is 0 Å². The maximum Gasteiger partial charge on any atom is 0.243 e. The molecule has 0 spiro atoms. The molecule has 3 unspecified atom stereocenters. The van der Waals surface area contributed by atoms with Gasteiger partial charge in [-0.15, -0.1) is 0 Å². The summed E-state index contributed by atoms with van der Waals surface area (Å²) in [6.45, 7) is 5.52. The van der Waals surface area contributed by atoms with Gasteiger partial charge in [0.25, 0.3) is 0 Å². The molecule has 1 aliphatic rings. The number of hydrazine groups is 1. The van der Waals surface area contributed by atoms with Crippen molar-refractivity contribution >= 4 is 17.7 Å². The molecule has 0 aliphatic carbocycles. The SMILES string of the molecule is CCC1C(=O)NC(=O)CN1C(C)C(C)C(=O)NN. The molecule has 3 atom stereocenters. The number of piperazine rings is 1. The molecule has 1 aliphatic heterocycles. The fourth-order valence-corrected chi connectivity index (χ4v) is 2.17. The second kappa shape index (κ2) is 5.92. The molecule has 1 saturated heterocycles. The highest BCUT2D eigenvalue weighted by atomic mass is 16.2. The highest BCUT2D eigenvalue weighted by Crippen LogP contribution is 2.18. The van der Waals surface area contributed by atoms with E-state index in [-0.39, 0.29) is 36.3 Å². The topological polar surface area (TPSA) is 105 Å². The summed E-state index contributed by atoms with van der Waals surface area (Å²) in [4.78, 5) is 36.4. The molecular weight excluding hydrogens is 236 g/mol. The summed E-state index contributed by atoms with van der Waals surface area (Å²) < 4.78 is 0. The van der Waals surface area contributed by atoms with E-state index in [1.807, 2.05) is 13.8 Å². The zero-order chi connectivity index (χ0) is 13.9. The quantitative estimate of drug-likeness (QED) is 0.252. The molecule has 4 N–H and O–H groups in total. The maximum atomic E-state index is 11.7. The van der Waals surface area contributed by atoms with Gasteiger partial charge in [-0.2, -0.15) is 0 Å². The molecule has 0 saturated carbocycles. The van der Waals surface area contributed by atoms with Crippen LogP contribution in [-0.2, 0) is 14.4 Å². The molecule has 7 nitrogen and oxygen atoms in total. The minimum Gasteiger partial charge on any atom is -0.294 e. The third-order valence-corrected chi connectivity index (χ3v) is 3.48. The van der Waals surface area contributed by atoms with Crippen LogP contribution >= 0.6 is 0 Å². The third-order valence-electron chi connectivity index (χ3n) is 3.48. The zero-order valence-corrected chi connectivity index (χ0v) is 10.9. The van der Waals surface area contributed by atoms with Gasteiger partial charge in [-0.3, -0.25) is 30.0 Å². The van der Waals surface area contributed by atoms with Crippen molar-refractivity contribution in [1.82, 2.24) is 15.6 Å². The number of hydrogen-bond acceptors (Lipinski definition) is 5. The number of carbonyl (C=O) groups excluding carboxylic acids is 3. The van der Waals surface area contributed by atoms with Crippen molar-refractivity contribution < 1.29 is 14.4 Å². The number of nitrogens with zero attached hydrogens (tertiary/aromatic N) is 1. The van der Waals surface area contributed by atoms with E-state index in [2.05, 4.69) is 10.7 Å². The van der Waals surface area contributed by atoms with Crippen molar-refractivity contribution in [2.24, 2.45) is 11.8 Å². The normalized spacial score (nSPS) is 24.3. The average Bonchev–Trinajstić information content (AvgIpc) is 2.35. The second-order valence-corrected chi connectivity index (χ2v) is 4.55. The van der Waals surface area contributed by atoms with Gasteiger partial charge in [0.2, 0.25) is 17.7 Å². The summed E-state index contributed by atoms with van der Waals surface area (Å²) in [7, 11) is 0. The molecule has 0 aromatic rings. The molecule has 18 heavy (non-hydrogen) atoms. The lowest BCUT2D eigenvalue weighted by Gasteiger charge is -2.39. The van der Waals surface area contributed by atoms with Gasteiger partial charge >= 0.3 is 0 Å². The molecule has 0 aromatic carbocycles. The van der Waals surface area contributed by atoms with Gasteiger partial charge < -0.3 is 0 Å².